The second kappa shape index (κ2) is 14.5. The normalized spacial score (nSPS) is 19.7. The summed E-state index contributed by atoms with van der Waals surface area (Å²) in [4.78, 5) is 44.1. The number of benzene rings is 2. The summed E-state index contributed by atoms with van der Waals surface area (Å²) in [6.45, 7) is 9.50. The number of amides is 3. The number of likely N-dealkylation sites (tertiary alicyclic amines) is 1. The van der Waals surface area contributed by atoms with Gasteiger partial charge in [0, 0.05) is 32.2 Å². The molecule has 8 nitrogen and oxygen atoms in total. The van der Waals surface area contributed by atoms with E-state index in [0.717, 1.165) is 38.0 Å². The van der Waals surface area contributed by atoms with Crippen molar-refractivity contribution < 1.29 is 19.1 Å². The van der Waals surface area contributed by atoms with Crippen LogP contribution in [0.15, 0.2) is 60.7 Å². The van der Waals surface area contributed by atoms with E-state index in [1.165, 1.54) is 5.56 Å². The maximum Gasteiger partial charge on any atom is 0.407 e. The zero-order chi connectivity index (χ0) is 29.2. The minimum absolute atomic E-state index is 0.00198. The van der Waals surface area contributed by atoms with Gasteiger partial charge in [-0.25, -0.2) is 4.79 Å². The molecule has 0 bridgehead atoms. The standard InChI is InChI=1S/C33H46N4O4/c1-25(2)23-26(3)37-30(38)29(15-10-19-34-32(40)41-24-28-13-8-5-9-14-28)35-31(39)33(37)17-21-36(22-18-33)20-16-27-11-6-4-7-12-27/h4-9,11-14,25-26,29H,10,15-24H2,1-3H3,(H,34,40)(H,35,39)/t26?,29-/m0/s1. The van der Waals surface area contributed by atoms with Crippen molar-refractivity contribution in [2.24, 2.45) is 5.92 Å². The van der Waals surface area contributed by atoms with E-state index in [0.29, 0.717) is 38.1 Å². The molecule has 2 aromatic rings. The van der Waals surface area contributed by atoms with Crippen LogP contribution in [0.3, 0.4) is 0 Å². The lowest BCUT2D eigenvalue weighted by Gasteiger charge is -2.54. The average molecular weight is 563 g/mol. The Morgan fingerprint density at radius 3 is 2.27 bits per heavy atom. The number of alkyl carbamates (subject to hydrolysis) is 1. The molecule has 2 aliphatic heterocycles. The van der Waals surface area contributed by atoms with E-state index >= 15 is 0 Å². The average Bonchev–Trinajstić information content (AvgIpc) is 2.97. The third-order valence-corrected chi connectivity index (χ3v) is 8.37. The van der Waals surface area contributed by atoms with Crippen LogP contribution in [0.25, 0.3) is 0 Å². The van der Waals surface area contributed by atoms with Crippen molar-refractivity contribution in [3.05, 3.63) is 71.8 Å². The molecule has 3 amide bonds. The van der Waals surface area contributed by atoms with Crippen LogP contribution in [-0.2, 0) is 27.4 Å². The Morgan fingerprint density at radius 1 is 1.00 bits per heavy atom. The monoisotopic (exact) mass is 562 g/mol. The Labute approximate surface area is 244 Å². The molecule has 0 saturated carbocycles. The zero-order valence-corrected chi connectivity index (χ0v) is 24.8. The van der Waals surface area contributed by atoms with Crippen LogP contribution in [0, 0.1) is 5.92 Å². The van der Waals surface area contributed by atoms with Gasteiger partial charge in [-0.2, -0.15) is 0 Å². The molecule has 4 rings (SSSR count). The second-order valence-electron chi connectivity index (χ2n) is 12.0. The molecule has 2 saturated heterocycles. The molecule has 0 aromatic heterocycles. The molecular weight excluding hydrogens is 516 g/mol. The molecule has 1 spiro atoms. The fourth-order valence-corrected chi connectivity index (χ4v) is 6.28. The van der Waals surface area contributed by atoms with Crippen LogP contribution < -0.4 is 10.6 Å². The highest BCUT2D eigenvalue weighted by atomic mass is 16.5. The van der Waals surface area contributed by atoms with E-state index in [4.69, 9.17) is 4.74 Å². The van der Waals surface area contributed by atoms with Crippen LogP contribution in [0.4, 0.5) is 4.79 Å². The lowest BCUT2D eigenvalue weighted by atomic mass is 9.79. The Kier molecular flexibility index (Phi) is 10.8. The van der Waals surface area contributed by atoms with Gasteiger partial charge in [-0.05, 0) is 62.5 Å². The van der Waals surface area contributed by atoms with E-state index in [1.54, 1.807) is 0 Å². The van der Waals surface area contributed by atoms with Crippen LogP contribution >= 0.6 is 0 Å². The van der Waals surface area contributed by atoms with Crippen molar-refractivity contribution in [1.29, 1.82) is 0 Å². The number of nitrogens with zero attached hydrogens (tertiary/aromatic N) is 2. The highest BCUT2D eigenvalue weighted by Gasteiger charge is 2.54. The smallest absolute Gasteiger partial charge is 0.407 e. The molecule has 41 heavy (non-hydrogen) atoms. The molecule has 2 aliphatic rings. The molecule has 8 heteroatoms. The summed E-state index contributed by atoms with van der Waals surface area (Å²) in [5.41, 5.74) is 1.43. The fraction of sp³-hybridized carbons (Fsp3) is 0.545. The number of hydrogen-bond acceptors (Lipinski definition) is 5. The van der Waals surface area contributed by atoms with Crippen molar-refractivity contribution in [3.8, 4) is 0 Å². The number of rotatable bonds is 12. The molecule has 2 heterocycles. The summed E-state index contributed by atoms with van der Waals surface area (Å²) in [6, 6.07) is 19.4. The van der Waals surface area contributed by atoms with Gasteiger partial charge in [0.25, 0.3) is 0 Å². The summed E-state index contributed by atoms with van der Waals surface area (Å²) in [5, 5.41) is 5.84. The minimum atomic E-state index is -0.801. The first-order chi connectivity index (χ1) is 19.8. The van der Waals surface area contributed by atoms with E-state index in [-0.39, 0.29) is 24.5 Å². The van der Waals surface area contributed by atoms with Crippen LogP contribution in [0.5, 0.6) is 0 Å². The molecule has 0 radical (unpaired) electrons. The van der Waals surface area contributed by atoms with Gasteiger partial charge >= 0.3 is 6.09 Å². The van der Waals surface area contributed by atoms with Crippen molar-refractivity contribution in [2.45, 2.75) is 83.5 Å². The predicted octanol–water partition coefficient (Wildman–Crippen LogP) is 4.53. The number of nitrogens with one attached hydrogen (secondary N) is 2. The summed E-state index contributed by atoms with van der Waals surface area (Å²) in [6.07, 6.45) is 3.64. The van der Waals surface area contributed by atoms with Gasteiger partial charge < -0.3 is 25.2 Å². The van der Waals surface area contributed by atoms with Gasteiger partial charge in [0.15, 0.2) is 0 Å². The number of piperazine rings is 1. The number of piperidine rings is 1. The first kappa shape index (κ1) is 30.6. The van der Waals surface area contributed by atoms with Crippen LogP contribution in [0.2, 0.25) is 0 Å². The van der Waals surface area contributed by atoms with Gasteiger partial charge in [0.05, 0.1) is 0 Å². The third-order valence-electron chi connectivity index (χ3n) is 8.37. The topological polar surface area (TPSA) is 91.0 Å². The lowest BCUT2D eigenvalue weighted by molar-refractivity contribution is -0.165. The van der Waals surface area contributed by atoms with Crippen molar-refractivity contribution in [3.63, 3.8) is 0 Å². The predicted molar refractivity (Wildman–Crippen MR) is 160 cm³/mol. The van der Waals surface area contributed by atoms with E-state index in [1.807, 2.05) is 41.3 Å². The SMILES string of the molecule is CC(C)CC(C)N1C(=O)[C@H](CCCNC(=O)OCc2ccccc2)NC(=O)C12CCN(CCc1ccccc1)CC2. The van der Waals surface area contributed by atoms with E-state index < -0.39 is 17.7 Å². The van der Waals surface area contributed by atoms with Crippen molar-refractivity contribution >= 4 is 17.9 Å². The quantitative estimate of drug-likeness (QED) is 0.371. The van der Waals surface area contributed by atoms with Crippen LogP contribution in [0.1, 0.15) is 64.0 Å². The number of carbonyl (C=O) groups excluding carboxylic acids is 3. The second-order valence-corrected chi connectivity index (χ2v) is 12.0. The van der Waals surface area contributed by atoms with Crippen molar-refractivity contribution in [2.75, 3.05) is 26.2 Å². The molecule has 2 N–H and O–H groups in total. The van der Waals surface area contributed by atoms with Gasteiger partial charge in [-0.1, -0.05) is 74.5 Å². The zero-order valence-electron chi connectivity index (χ0n) is 24.8. The molecule has 2 fully saturated rings. The van der Waals surface area contributed by atoms with Gasteiger partial charge in [-0.3, -0.25) is 9.59 Å². The largest absolute Gasteiger partial charge is 0.445 e. The third kappa shape index (κ3) is 8.09. The molecule has 222 valence electrons. The first-order valence-electron chi connectivity index (χ1n) is 15.1. The van der Waals surface area contributed by atoms with Gasteiger partial charge in [-0.15, -0.1) is 0 Å². The number of ether oxygens (including phenoxy) is 1. The first-order valence-corrected chi connectivity index (χ1v) is 15.1. The molecular formula is C33H46N4O4. The van der Waals surface area contributed by atoms with Crippen molar-refractivity contribution in [1.82, 2.24) is 20.4 Å². The fourth-order valence-electron chi connectivity index (χ4n) is 6.28. The Morgan fingerprint density at radius 2 is 1.63 bits per heavy atom. The maximum absolute atomic E-state index is 13.9. The summed E-state index contributed by atoms with van der Waals surface area (Å²) in [5.74, 6) is 0.383. The Balaban J connectivity index is 1.31. The highest BCUT2D eigenvalue weighted by molar-refractivity contribution is 6.00. The molecule has 2 atom stereocenters. The van der Waals surface area contributed by atoms with Gasteiger partial charge in [0.2, 0.25) is 11.8 Å². The minimum Gasteiger partial charge on any atom is -0.445 e. The Bertz CT molecular complexity index is 1130. The molecule has 1 unspecified atom stereocenters. The van der Waals surface area contributed by atoms with Gasteiger partial charge in [0.1, 0.15) is 18.2 Å². The summed E-state index contributed by atoms with van der Waals surface area (Å²) >= 11 is 0. The summed E-state index contributed by atoms with van der Waals surface area (Å²) in [7, 11) is 0. The lowest BCUT2D eigenvalue weighted by Crippen LogP contribution is -2.74. The Hall–Kier alpha value is -3.39. The highest BCUT2D eigenvalue weighted by Crippen LogP contribution is 2.36. The van der Waals surface area contributed by atoms with E-state index in [9.17, 15) is 14.4 Å². The molecule has 0 aliphatic carbocycles. The number of hydrogen-bond donors (Lipinski definition) is 2. The number of carbonyl (C=O) groups is 3. The summed E-state index contributed by atoms with van der Waals surface area (Å²) < 4.78 is 5.27. The molecule has 2 aromatic carbocycles. The maximum atomic E-state index is 13.9. The van der Waals surface area contributed by atoms with Crippen LogP contribution in [-0.4, -0.2) is 71.5 Å². The van der Waals surface area contributed by atoms with E-state index in [2.05, 4.69) is 60.6 Å².